The second-order valence-corrected chi connectivity index (χ2v) is 12.7. The van der Waals surface area contributed by atoms with Crippen molar-refractivity contribution in [2.45, 2.75) is 65.1 Å². The second-order valence-electron chi connectivity index (χ2n) is 10.4. The summed E-state index contributed by atoms with van der Waals surface area (Å²) in [6.45, 7) is 6.15. The number of rotatable bonds is 14. The molecule has 0 radical (unpaired) electrons. The Morgan fingerprint density at radius 3 is 2.17 bits per heavy atom. The van der Waals surface area contributed by atoms with Crippen molar-refractivity contribution in [1.82, 2.24) is 10.2 Å². The predicted molar refractivity (Wildman–Crippen MR) is 166 cm³/mol. The van der Waals surface area contributed by atoms with Crippen LogP contribution >= 0.6 is 11.6 Å². The van der Waals surface area contributed by atoms with Gasteiger partial charge in [-0.05, 0) is 61.6 Å². The molecule has 1 N–H and O–H groups in total. The largest absolute Gasteiger partial charge is 0.352 e. The fourth-order valence-corrected chi connectivity index (χ4v) is 5.76. The highest BCUT2D eigenvalue weighted by Gasteiger charge is 2.31. The van der Waals surface area contributed by atoms with Crippen molar-refractivity contribution >= 4 is 39.1 Å². The van der Waals surface area contributed by atoms with E-state index in [0.29, 0.717) is 23.6 Å². The van der Waals surface area contributed by atoms with Crippen LogP contribution in [0.4, 0.5) is 5.69 Å². The van der Waals surface area contributed by atoms with E-state index >= 15 is 0 Å². The topological polar surface area (TPSA) is 86.8 Å². The Kier molecular flexibility index (Phi) is 11.8. The molecule has 0 spiro atoms. The maximum Gasteiger partial charge on any atom is 0.243 e. The van der Waals surface area contributed by atoms with Crippen LogP contribution in [0.25, 0.3) is 0 Å². The average molecular weight is 598 g/mol. The van der Waals surface area contributed by atoms with E-state index in [4.69, 9.17) is 11.6 Å². The van der Waals surface area contributed by atoms with Crippen molar-refractivity contribution in [2.75, 3.05) is 17.1 Å². The Morgan fingerprint density at radius 1 is 0.927 bits per heavy atom. The van der Waals surface area contributed by atoms with E-state index in [2.05, 4.69) is 5.32 Å². The number of anilines is 1. The van der Waals surface area contributed by atoms with Crippen LogP contribution in [0.15, 0.2) is 78.9 Å². The number of hydrogen-bond acceptors (Lipinski definition) is 4. The molecule has 0 bridgehead atoms. The number of benzene rings is 3. The van der Waals surface area contributed by atoms with Crippen molar-refractivity contribution in [3.8, 4) is 0 Å². The maximum atomic E-state index is 13.9. The van der Waals surface area contributed by atoms with Crippen molar-refractivity contribution in [3.63, 3.8) is 0 Å². The van der Waals surface area contributed by atoms with E-state index in [0.717, 1.165) is 23.1 Å². The monoisotopic (exact) mass is 597 g/mol. The van der Waals surface area contributed by atoms with E-state index in [9.17, 15) is 18.0 Å². The first kappa shape index (κ1) is 32.2. The molecule has 0 heterocycles. The van der Waals surface area contributed by atoms with Crippen molar-refractivity contribution in [1.29, 1.82) is 0 Å². The summed E-state index contributed by atoms with van der Waals surface area (Å²) in [5, 5.41) is 3.64. The smallest absolute Gasteiger partial charge is 0.243 e. The summed E-state index contributed by atoms with van der Waals surface area (Å²) >= 11 is 6.10. The van der Waals surface area contributed by atoms with Crippen LogP contribution in [0.3, 0.4) is 0 Å². The molecule has 0 saturated carbocycles. The summed E-state index contributed by atoms with van der Waals surface area (Å²) in [7, 11) is -3.57. The number of aryl methyl sites for hydroxylation is 1. The van der Waals surface area contributed by atoms with Gasteiger partial charge in [0.2, 0.25) is 21.8 Å². The van der Waals surface area contributed by atoms with Crippen LogP contribution in [0.1, 0.15) is 49.8 Å². The van der Waals surface area contributed by atoms with Gasteiger partial charge < -0.3 is 10.2 Å². The number of nitrogens with one attached hydrogen (secondary N) is 1. The van der Waals surface area contributed by atoms with Gasteiger partial charge in [-0.2, -0.15) is 0 Å². The molecule has 0 fully saturated rings. The normalized spacial score (nSPS) is 12.8. The predicted octanol–water partition coefficient (Wildman–Crippen LogP) is 5.75. The van der Waals surface area contributed by atoms with Gasteiger partial charge in [-0.25, -0.2) is 8.42 Å². The first-order valence-corrected chi connectivity index (χ1v) is 16.1. The Bertz CT molecular complexity index is 1400. The molecule has 9 heteroatoms. The molecule has 2 atom stereocenters. The van der Waals surface area contributed by atoms with Gasteiger partial charge >= 0.3 is 0 Å². The summed E-state index contributed by atoms with van der Waals surface area (Å²) in [4.78, 5) is 29.1. The van der Waals surface area contributed by atoms with Crippen LogP contribution in [0.5, 0.6) is 0 Å². The van der Waals surface area contributed by atoms with Crippen molar-refractivity contribution < 1.29 is 18.0 Å². The van der Waals surface area contributed by atoms with E-state index < -0.39 is 16.1 Å². The highest BCUT2D eigenvalue weighted by molar-refractivity contribution is 7.92. The van der Waals surface area contributed by atoms with Gasteiger partial charge in [0.1, 0.15) is 6.04 Å². The van der Waals surface area contributed by atoms with Gasteiger partial charge in [-0.15, -0.1) is 0 Å². The van der Waals surface area contributed by atoms with Crippen LogP contribution in [-0.2, 0) is 32.6 Å². The highest BCUT2D eigenvalue weighted by atomic mass is 35.5. The van der Waals surface area contributed by atoms with Gasteiger partial charge in [-0.1, -0.05) is 79.2 Å². The van der Waals surface area contributed by atoms with Gasteiger partial charge in [0, 0.05) is 37.0 Å². The molecule has 2 unspecified atom stereocenters. The first-order valence-electron chi connectivity index (χ1n) is 13.9. The minimum absolute atomic E-state index is 0.0503. The maximum absolute atomic E-state index is 13.9. The van der Waals surface area contributed by atoms with Gasteiger partial charge in [0.05, 0.1) is 11.9 Å². The number of carbonyl (C=O) groups excluding carboxylic acids is 2. The van der Waals surface area contributed by atoms with Crippen LogP contribution < -0.4 is 9.62 Å². The lowest BCUT2D eigenvalue weighted by Crippen LogP contribution is -2.52. The number of nitrogens with zero attached hydrogens (tertiary/aromatic N) is 2. The molecule has 41 heavy (non-hydrogen) atoms. The van der Waals surface area contributed by atoms with Crippen LogP contribution in [0.2, 0.25) is 5.02 Å². The summed E-state index contributed by atoms with van der Waals surface area (Å²) in [6.07, 6.45) is 2.65. The zero-order valence-corrected chi connectivity index (χ0v) is 25.8. The Hall–Kier alpha value is -3.36. The molecule has 0 saturated heterocycles. The lowest BCUT2D eigenvalue weighted by atomic mass is 10.0. The number of sulfonamides is 1. The fraction of sp³-hybridized carbons (Fsp3) is 0.375. The minimum atomic E-state index is -3.57. The summed E-state index contributed by atoms with van der Waals surface area (Å²) in [5.74, 6) is -0.443. The van der Waals surface area contributed by atoms with Gasteiger partial charge in [0.15, 0.2) is 0 Å². The molecule has 3 aromatic rings. The first-order chi connectivity index (χ1) is 19.5. The van der Waals surface area contributed by atoms with E-state index in [1.807, 2.05) is 75.4 Å². The van der Waals surface area contributed by atoms with E-state index in [1.54, 1.807) is 29.2 Å². The number of amides is 2. The van der Waals surface area contributed by atoms with Crippen molar-refractivity contribution in [3.05, 3.63) is 101 Å². The quantitative estimate of drug-likeness (QED) is 0.256. The second kappa shape index (κ2) is 15.0. The van der Waals surface area contributed by atoms with Crippen molar-refractivity contribution in [2.24, 2.45) is 0 Å². The molecule has 3 aromatic carbocycles. The Morgan fingerprint density at radius 2 is 1.56 bits per heavy atom. The summed E-state index contributed by atoms with van der Waals surface area (Å²) in [6, 6.07) is 23.3. The van der Waals surface area contributed by atoms with E-state index in [1.165, 1.54) is 10.6 Å². The van der Waals surface area contributed by atoms with Crippen LogP contribution in [-0.4, -0.2) is 50.0 Å². The third-order valence-corrected chi connectivity index (χ3v) is 8.51. The number of halogens is 1. The Labute approximate surface area is 249 Å². The summed E-state index contributed by atoms with van der Waals surface area (Å²) < 4.78 is 26.7. The zero-order chi connectivity index (χ0) is 30.0. The number of hydrogen-bond donors (Lipinski definition) is 1. The lowest BCUT2D eigenvalue weighted by Gasteiger charge is -2.33. The highest BCUT2D eigenvalue weighted by Crippen LogP contribution is 2.23. The number of carbonyl (C=O) groups is 2. The molecular formula is C32H40ClN3O4S. The third-order valence-electron chi connectivity index (χ3n) is 7.07. The third kappa shape index (κ3) is 9.61. The molecule has 0 aromatic heterocycles. The molecule has 0 aliphatic heterocycles. The van der Waals surface area contributed by atoms with Crippen LogP contribution in [0, 0.1) is 6.92 Å². The molecule has 2 amide bonds. The minimum Gasteiger partial charge on any atom is -0.352 e. The molecule has 0 aliphatic rings. The van der Waals surface area contributed by atoms with Gasteiger partial charge in [0.25, 0.3) is 0 Å². The average Bonchev–Trinajstić information content (AvgIpc) is 2.94. The molecule has 7 nitrogen and oxygen atoms in total. The number of para-hydroxylation sites is 1. The molecule has 220 valence electrons. The van der Waals surface area contributed by atoms with Gasteiger partial charge in [-0.3, -0.25) is 13.9 Å². The molecule has 3 rings (SSSR count). The lowest BCUT2D eigenvalue weighted by molar-refractivity contribution is -0.141. The fourth-order valence-electron chi connectivity index (χ4n) is 4.61. The SMILES string of the molecule is CCC(C)NC(=O)C(Cc1ccccc1)N(Cc1ccc(Cl)cc1)C(=O)CCCN(c1ccccc1C)S(C)(=O)=O. The molecular weight excluding hydrogens is 558 g/mol. The zero-order valence-electron chi connectivity index (χ0n) is 24.2. The Balaban J connectivity index is 1.89. The summed E-state index contributed by atoms with van der Waals surface area (Å²) in [5.41, 5.74) is 3.21. The molecule has 0 aliphatic carbocycles. The van der Waals surface area contributed by atoms with E-state index in [-0.39, 0.29) is 37.4 Å². The standard InChI is InChI=1S/C32H40ClN3O4S/c1-5-25(3)34-32(38)30(22-26-13-7-6-8-14-26)35(23-27-17-19-28(33)20-18-27)31(37)16-11-21-36(41(4,39)40)29-15-10-9-12-24(29)2/h6-10,12-15,17-20,25,30H,5,11,16,21-23H2,1-4H3,(H,34,38).